The summed E-state index contributed by atoms with van der Waals surface area (Å²) in [6.45, 7) is 14.2. The van der Waals surface area contributed by atoms with Crippen LogP contribution in [0.4, 0.5) is 0 Å². The fourth-order valence-corrected chi connectivity index (χ4v) is 18.8. The van der Waals surface area contributed by atoms with Crippen LogP contribution in [0, 0.1) is 0 Å². The van der Waals surface area contributed by atoms with Crippen LogP contribution in [0.3, 0.4) is 0 Å². The molecule has 22 rings (SSSR count). The molecule has 0 saturated carbocycles. The summed E-state index contributed by atoms with van der Waals surface area (Å²) in [5.41, 5.74) is 22.5. The highest BCUT2D eigenvalue weighted by atomic mass is 28.3. The molecule has 0 N–H and O–H groups in total. The van der Waals surface area contributed by atoms with Crippen LogP contribution in [0.5, 0.6) is 0 Å². The van der Waals surface area contributed by atoms with Gasteiger partial charge in [-0.1, -0.05) is 209 Å². The molecule has 454 valence electrons. The lowest BCUT2D eigenvalue weighted by atomic mass is 9.86. The largest absolute Gasteiger partial charge is 0.308 e. The molecule has 0 radical (unpaired) electrons. The zero-order valence-electron chi connectivity index (χ0n) is 54.8. The van der Waals surface area contributed by atoms with Crippen molar-refractivity contribution in [3.8, 4) is 44.5 Å². The molecule has 97 heavy (non-hydrogen) atoms. The van der Waals surface area contributed by atoms with Gasteiger partial charge in [0, 0.05) is 64.6 Å². The van der Waals surface area contributed by atoms with Crippen molar-refractivity contribution in [3.05, 3.63) is 279 Å². The van der Waals surface area contributed by atoms with E-state index >= 15 is 0 Å². The van der Waals surface area contributed by atoms with E-state index in [1.165, 1.54) is 223 Å². The van der Waals surface area contributed by atoms with Gasteiger partial charge in [0.25, 0.3) is 0 Å². The van der Waals surface area contributed by atoms with Crippen molar-refractivity contribution in [2.24, 2.45) is 0 Å². The second kappa shape index (κ2) is 18.7. The number of para-hydroxylation sites is 1. The standard InChI is InChI=1S/C93H63N3Si/c1-93(2,3)68-29-24-52(25-30-68)59-27-33-84-75(40-59)80-44-66(46-82-77-39-54-13-7-8-14-55(54)48-87(77)95(84)91(80)82)58-20-22-62-43-78-83-47-67(57-19-21-61-42-74-72-16-11-17-73-79-51-69(97(4,5)6)31-35-86(79)94(90(72)73)88(74)49-64(61)37-57)45-81-76-41-60(28-34-85(76)96(92(81)83)89(78)50-65(62)38-58)56-26-32-71-63(36-56)23-18-53-12-9-10-15-70(53)71/h7-51H,1-6H3. The van der Waals surface area contributed by atoms with Gasteiger partial charge in [-0.05, 0) is 219 Å². The van der Waals surface area contributed by atoms with Crippen molar-refractivity contribution in [3.63, 3.8) is 0 Å². The Labute approximate surface area is 559 Å². The molecule has 6 heterocycles. The normalized spacial score (nSPS) is 13.1. The summed E-state index contributed by atoms with van der Waals surface area (Å²) >= 11 is 0. The maximum Gasteiger partial charge on any atom is 0.0776 e. The third kappa shape index (κ3) is 7.45. The first kappa shape index (κ1) is 53.8. The highest BCUT2D eigenvalue weighted by Crippen LogP contribution is 2.49. The molecule has 22 aromatic rings. The molecule has 0 unspecified atom stereocenters. The second-order valence-corrected chi connectivity index (χ2v) is 35.2. The van der Waals surface area contributed by atoms with Crippen LogP contribution in [0.15, 0.2) is 273 Å². The van der Waals surface area contributed by atoms with E-state index in [2.05, 4.69) is 327 Å². The number of benzene rings is 16. The minimum atomic E-state index is -1.54. The Morgan fingerprint density at radius 1 is 0.216 bits per heavy atom. The number of aromatic nitrogens is 3. The van der Waals surface area contributed by atoms with E-state index in [1.807, 2.05) is 0 Å². The van der Waals surface area contributed by atoms with Gasteiger partial charge in [-0.2, -0.15) is 0 Å². The van der Waals surface area contributed by atoms with Crippen LogP contribution < -0.4 is 5.19 Å². The van der Waals surface area contributed by atoms with E-state index in [1.54, 1.807) is 0 Å². The average molecular weight is 1250 g/mol. The fraction of sp³-hybridized carbons (Fsp3) is 0.0753. The Morgan fingerprint density at radius 3 is 1.12 bits per heavy atom. The van der Waals surface area contributed by atoms with Gasteiger partial charge in [0.1, 0.15) is 0 Å². The third-order valence-electron chi connectivity index (χ3n) is 22.6. The summed E-state index contributed by atoms with van der Waals surface area (Å²) in [5.74, 6) is 0. The lowest BCUT2D eigenvalue weighted by Gasteiger charge is -2.19. The molecule has 0 saturated heterocycles. The molecule has 6 aromatic heterocycles. The van der Waals surface area contributed by atoms with E-state index in [0.29, 0.717) is 0 Å². The summed E-state index contributed by atoms with van der Waals surface area (Å²) in [4.78, 5) is 0. The van der Waals surface area contributed by atoms with Crippen LogP contribution in [-0.2, 0) is 5.41 Å². The molecule has 0 aliphatic carbocycles. The van der Waals surface area contributed by atoms with E-state index in [0.717, 1.165) is 0 Å². The quantitative estimate of drug-likeness (QED) is 0.120. The molecular formula is C93H63N3Si. The first-order chi connectivity index (χ1) is 47.3. The van der Waals surface area contributed by atoms with Crippen molar-refractivity contribution in [2.45, 2.75) is 45.8 Å². The number of fused-ring (bicyclic) bond motifs is 24. The van der Waals surface area contributed by atoms with E-state index in [9.17, 15) is 0 Å². The Kier molecular flexibility index (Phi) is 10.3. The van der Waals surface area contributed by atoms with Gasteiger partial charge in [-0.15, -0.1) is 0 Å². The monoisotopic (exact) mass is 1250 g/mol. The molecule has 0 amide bonds. The zero-order chi connectivity index (χ0) is 64.2. The predicted octanol–water partition coefficient (Wildman–Crippen LogP) is 25.4. The number of nitrogens with zero attached hydrogens (tertiary/aromatic N) is 3. The number of rotatable bonds is 5. The Bertz CT molecular complexity index is 7240. The minimum Gasteiger partial charge on any atom is -0.308 e. The Hall–Kier alpha value is -11.6. The predicted molar refractivity (Wildman–Crippen MR) is 421 cm³/mol. The topological polar surface area (TPSA) is 13.2 Å². The fourth-order valence-electron chi connectivity index (χ4n) is 17.6. The summed E-state index contributed by atoms with van der Waals surface area (Å²) in [5, 5.41) is 29.6. The van der Waals surface area contributed by atoms with Crippen molar-refractivity contribution in [1.29, 1.82) is 0 Å². The summed E-state index contributed by atoms with van der Waals surface area (Å²) in [7, 11) is -1.54. The van der Waals surface area contributed by atoms with Crippen LogP contribution in [0.1, 0.15) is 26.3 Å². The summed E-state index contributed by atoms with van der Waals surface area (Å²) < 4.78 is 7.66. The minimum absolute atomic E-state index is 0.0849. The first-order valence-electron chi connectivity index (χ1n) is 34.3. The van der Waals surface area contributed by atoms with Gasteiger partial charge in [-0.25, -0.2) is 0 Å². The van der Waals surface area contributed by atoms with Gasteiger partial charge in [-0.3, -0.25) is 0 Å². The molecule has 16 aromatic carbocycles. The summed E-state index contributed by atoms with van der Waals surface area (Å²) in [6, 6.07) is 106. The van der Waals surface area contributed by atoms with Crippen LogP contribution in [-0.4, -0.2) is 21.3 Å². The molecule has 3 nitrogen and oxygen atoms in total. The van der Waals surface area contributed by atoms with Crippen LogP contribution in [0.2, 0.25) is 19.6 Å². The zero-order valence-corrected chi connectivity index (χ0v) is 55.8. The highest BCUT2D eigenvalue weighted by Gasteiger charge is 2.26. The number of hydrogen-bond donors (Lipinski definition) is 0. The molecule has 0 fully saturated rings. The van der Waals surface area contributed by atoms with E-state index in [4.69, 9.17) is 0 Å². The Balaban J connectivity index is 0.745. The number of hydrogen-bond acceptors (Lipinski definition) is 0. The third-order valence-corrected chi connectivity index (χ3v) is 24.6. The van der Waals surface area contributed by atoms with Crippen LogP contribution in [0.25, 0.3) is 213 Å². The first-order valence-corrected chi connectivity index (χ1v) is 37.8. The Morgan fingerprint density at radius 2 is 0.567 bits per heavy atom. The summed E-state index contributed by atoms with van der Waals surface area (Å²) in [6.07, 6.45) is 0. The molecule has 0 aliphatic heterocycles. The SMILES string of the molecule is CC(C)(C)c1ccc(-c2ccc3c(c2)c2cc(-c4ccc5cc6c7cc(-c8ccc9cc%10c%11cccc%12c%13cc([Si](C)(C)C)ccc%13n(c%10cc9c8)c%12%11)cc8c9cc(-c%10ccc%11c(ccc%12ccccc%12%11)c%10)ccc9n(c6cc5c4)c87)cc4c5cc6ccccc6cc5n3c24)cc1. The van der Waals surface area contributed by atoms with Crippen molar-refractivity contribution >= 4 is 181 Å². The average Bonchev–Trinajstić information content (AvgIpc) is 1.56. The van der Waals surface area contributed by atoms with E-state index in [-0.39, 0.29) is 5.41 Å². The van der Waals surface area contributed by atoms with Crippen LogP contribution >= 0.6 is 0 Å². The van der Waals surface area contributed by atoms with Gasteiger partial charge >= 0.3 is 0 Å². The lowest BCUT2D eigenvalue weighted by Crippen LogP contribution is -2.37. The molecule has 0 aliphatic rings. The molecular weight excluding hydrogens is 1190 g/mol. The second-order valence-electron chi connectivity index (χ2n) is 30.1. The van der Waals surface area contributed by atoms with Crippen molar-refractivity contribution < 1.29 is 0 Å². The maximum atomic E-state index is 2.58. The highest BCUT2D eigenvalue weighted by molar-refractivity contribution is 6.88. The van der Waals surface area contributed by atoms with Gasteiger partial charge in [0.2, 0.25) is 0 Å². The van der Waals surface area contributed by atoms with Gasteiger partial charge in [0.15, 0.2) is 0 Å². The van der Waals surface area contributed by atoms with Crippen molar-refractivity contribution in [2.75, 3.05) is 0 Å². The van der Waals surface area contributed by atoms with Gasteiger partial charge in [0.05, 0.1) is 57.7 Å². The maximum absolute atomic E-state index is 2.58. The molecule has 0 spiro atoms. The van der Waals surface area contributed by atoms with E-state index < -0.39 is 8.07 Å². The molecule has 0 bridgehead atoms. The smallest absolute Gasteiger partial charge is 0.0776 e. The molecule has 0 atom stereocenters. The van der Waals surface area contributed by atoms with Gasteiger partial charge < -0.3 is 13.2 Å². The van der Waals surface area contributed by atoms with Crippen molar-refractivity contribution in [1.82, 2.24) is 13.2 Å². The lowest BCUT2D eigenvalue weighted by molar-refractivity contribution is 0.590. The molecule has 4 heteroatoms.